The largest absolute Gasteiger partial charge is 0.348 e. The van der Waals surface area contributed by atoms with E-state index in [0.29, 0.717) is 17.9 Å². The quantitative estimate of drug-likeness (QED) is 0.730. The fourth-order valence-electron chi connectivity index (χ4n) is 2.51. The zero-order valence-electron chi connectivity index (χ0n) is 14.4. The molecule has 1 aromatic heterocycles. The Balaban J connectivity index is 1.63. The maximum Gasteiger partial charge on any atom is 0.253 e. The van der Waals surface area contributed by atoms with E-state index < -0.39 is 0 Å². The van der Waals surface area contributed by atoms with E-state index in [1.807, 2.05) is 48.5 Å². The Bertz CT molecular complexity index is 858. The van der Waals surface area contributed by atoms with Crippen LogP contribution in [0.15, 0.2) is 66.9 Å². The number of aryl methyl sites for hydroxylation is 1. The Kier molecular flexibility index (Phi) is 5.09. The van der Waals surface area contributed by atoms with Gasteiger partial charge in [-0.3, -0.25) is 4.79 Å². The average molecular weight is 331 g/mol. The molecule has 0 aliphatic rings. The number of pyridine rings is 1. The molecule has 4 heteroatoms. The predicted octanol–water partition coefficient (Wildman–Crippen LogP) is 4.37. The lowest BCUT2D eigenvalue weighted by atomic mass is 10.1. The molecule has 0 fully saturated rings. The van der Waals surface area contributed by atoms with Crippen LogP contribution in [0.3, 0.4) is 0 Å². The molecule has 3 rings (SSSR count). The van der Waals surface area contributed by atoms with Crippen molar-refractivity contribution < 1.29 is 4.79 Å². The highest BCUT2D eigenvalue weighted by Gasteiger charge is 2.07. The summed E-state index contributed by atoms with van der Waals surface area (Å²) in [5, 5.41) is 6.20. The summed E-state index contributed by atoms with van der Waals surface area (Å²) in [5.41, 5.74) is 5.05. The number of carbonyl (C=O) groups is 1. The van der Waals surface area contributed by atoms with Crippen molar-refractivity contribution in [2.24, 2.45) is 0 Å². The number of nitrogens with zero attached hydrogens (tertiary/aromatic N) is 1. The van der Waals surface area contributed by atoms with Crippen molar-refractivity contribution >= 4 is 17.4 Å². The van der Waals surface area contributed by atoms with E-state index >= 15 is 0 Å². The van der Waals surface area contributed by atoms with Gasteiger partial charge in [-0.25, -0.2) is 4.98 Å². The molecule has 0 saturated heterocycles. The molecule has 0 bridgehead atoms. The number of aromatic nitrogens is 1. The van der Waals surface area contributed by atoms with Crippen LogP contribution in [0.4, 0.5) is 11.5 Å². The fourth-order valence-corrected chi connectivity index (χ4v) is 2.51. The molecule has 25 heavy (non-hydrogen) atoms. The monoisotopic (exact) mass is 331 g/mol. The second-order valence-electron chi connectivity index (χ2n) is 5.97. The second-order valence-corrected chi connectivity index (χ2v) is 5.97. The van der Waals surface area contributed by atoms with Gasteiger partial charge in [0.25, 0.3) is 5.91 Å². The number of amides is 1. The third kappa shape index (κ3) is 4.23. The van der Waals surface area contributed by atoms with Gasteiger partial charge in [-0.1, -0.05) is 42.5 Å². The maximum atomic E-state index is 12.2. The van der Waals surface area contributed by atoms with Gasteiger partial charge in [0.05, 0.1) is 5.56 Å². The molecule has 2 aromatic carbocycles. The van der Waals surface area contributed by atoms with Crippen molar-refractivity contribution in [3.05, 3.63) is 89.1 Å². The van der Waals surface area contributed by atoms with Crippen molar-refractivity contribution in [2.75, 3.05) is 5.32 Å². The Labute approximate surface area is 147 Å². The number of hydrogen-bond donors (Lipinski definition) is 2. The molecule has 0 radical (unpaired) electrons. The second kappa shape index (κ2) is 7.62. The number of rotatable bonds is 5. The van der Waals surface area contributed by atoms with Crippen LogP contribution < -0.4 is 10.6 Å². The number of anilines is 2. The van der Waals surface area contributed by atoms with Crippen molar-refractivity contribution in [1.29, 1.82) is 0 Å². The lowest BCUT2D eigenvalue weighted by Crippen LogP contribution is -2.22. The third-order valence-electron chi connectivity index (χ3n) is 4.19. The third-order valence-corrected chi connectivity index (χ3v) is 4.19. The summed E-state index contributed by atoms with van der Waals surface area (Å²) in [7, 11) is 0. The molecule has 126 valence electrons. The summed E-state index contributed by atoms with van der Waals surface area (Å²) < 4.78 is 0. The van der Waals surface area contributed by atoms with Crippen LogP contribution in [-0.4, -0.2) is 10.9 Å². The van der Waals surface area contributed by atoms with Gasteiger partial charge in [0.2, 0.25) is 0 Å². The molecular weight excluding hydrogens is 310 g/mol. The van der Waals surface area contributed by atoms with Gasteiger partial charge in [0, 0.05) is 18.4 Å². The van der Waals surface area contributed by atoms with Gasteiger partial charge < -0.3 is 10.6 Å². The van der Waals surface area contributed by atoms with Crippen LogP contribution in [0.5, 0.6) is 0 Å². The topological polar surface area (TPSA) is 54.0 Å². The summed E-state index contributed by atoms with van der Waals surface area (Å²) in [6.45, 7) is 4.65. The number of benzene rings is 2. The molecule has 0 aliphatic heterocycles. The highest BCUT2D eigenvalue weighted by atomic mass is 16.1. The molecule has 2 N–H and O–H groups in total. The summed E-state index contributed by atoms with van der Waals surface area (Å²) >= 11 is 0. The van der Waals surface area contributed by atoms with E-state index in [2.05, 4.69) is 35.5 Å². The highest BCUT2D eigenvalue weighted by molar-refractivity contribution is 5.94. The van der Waals surface area contributed by atoms with Gasteiger partial charge in [-0.05, 0) is 48.7 Å². The Morgan fingerprint density at radius 1 is 0.960 bits per heavy atom. The minimum atomic E-state index is -0.130. The van der Waals surface area contributed by atoms with Crippen LogP contribution in [0.25, 0.3) is 0 Å². The Morgan fingerprint density at radius 2 is 1.76 bits per heavy atom. The Morgan fingerprint density at radius 3 is 2.48 bits per heavy atom. The van der Waals surface area contributed by atoms with E-state index in [-0.39, 0.29) is 5.91 Å². The molecule has 0 unspecified atom stereocenters. The van der Waals surface area contributed by atoms with Gasteiger partial charge in [-0.2, -0.15) is 0 Å². The van der Waals surface area contributed by atoms with Crippen molar-refractivity contribution in [3.8, 4) is 0 Å². The summed E-state index contributed by atoms with van der Waals surface area (Å²) in [4.78, 5) is 16.6. The molecule has 0 saturated carbocycles. The smallest absolute Gasteiger partial charge is 0.253 e. The molecular formula is C21H21N3O. The van der Waals surface area contributed by atoms with Gasteiger partial charge in [0.15, 0.2) is 0 Å². The predicted molar refractivity (Wildman–Crippen MR) is 101 cm³/mol. The first-order valence-electron chi connectivity index (χ1n) is 8.25. The average Bonchev–Trinajstić information content (AvgIpc) is 2.65. The van der Waals surface area contributed by atoms with Crippen LogP contribution in [-0.2, 0) is 6.54 Å². The molecule has 0 aliphatic carbocycles. The first kappa shape index (κ1) is 16.7. The number of hydrogen-bond acceptors (Lipinski definition) is 3. The van der Waals surface area contributed by atoms with Crippen LogP contribution in [0, 0.1) is 13.8 Å². The van der Waals surface area contributed by atoms with Gasteiger partial charge >= 0.3 is 0 Å². The molecule has 0 atom stereocenters. The molecule has 4 nitrogen and oxygen atoms in total. The number of nitrogens with one attached hydrogen (secondary N) is 2. The van der Waals surface area contributed by atoms with E-state index in [0.717, 1.165) is 11.3 Å². The Hall–Kier alpha value is -3.14. The summed E-state index contributed by atoms with van der Waals surface area (Å²) in [5.74, 6) is 0.586. The standard InChI is InChI=1S/C21H21N3O/c1-15-7-6-10-19(16(15)2)24-20-12-11-18(14-22-20)21(25)23-13-17-8-4-3-5-9-17/h3-12,14H,13H2,1-2H3,(H,22,24)(H,23,25). The van der Waals surface area contributed by atoms with Crippen molar-refractivity contribution in [3.63, 3.8) is 0 Å². The fraction of sp³-hybridized carbons (Fsp3) is 0.143. The lowest BCUT2D eigenvalue weighted by molar-refractivity contribution is 0.0950. The molecule has 0 spiro atoms. The van der Waals surface area contributed by atoms with Crippen LogP contribution in [0.2, 0.25) is 0 Å². The molecule has 3 aromatic rings. The molecule has 1 heterocycles. The highest BCUT2D eigenvalue weighted by Crippen LogP contribution is 2.21. The van der Waals surface area contributed by atoms with Crippen LogP contribution >= 0.6 is 0 Å². The first-order valence-corrected chi connectivity index (χ1v) is 8.25. The summed E-state index contributed by atoms with van der Waals surface area (Å²) in [6.07, 6.45) is 1.59. The maximum absolute atomic E-state index is 12.2. The van der Waals surface area contributed by atoms with E-state index in [4.69, 9.17) is 0 Å². The van der Waals surface area contributed by atoms with Crippen molar-refractivity contribution in [1.82, 2.24) is 10.3 Å². The zero-order chi connectivity index (χ0) is 17.6. The van der Waals surface area contributed by atoms with E-state index in [1.54, 1.807) is 12.3 Å². The van der Waals surface area contributed by atoms with Crippen molar-refractivity contribution in [2.45, 2.75) is 20.4 Å². The summed E-state index contributed by atoms with van der Waals surface area (Å²) in [6, 6.07) is 19.5. The SMILES string of the molecule is Cc1cccc(Nc2ccc(C(=O)NCc3ccccc3)cn2)c1C. The van der Waals surface area contributed by atoms with E-state index in [9.17, 15) is 4.79 Å². The zero-order valence-corrected chi connectivity index (χ0v) is 14.4. The van der Waals surface area contributed by atoms with E-state index in [1.165, 1.54) is 11.1 Å². The van der Waals surface area contributed by atoms with Gasteiger partial charge in [-0.15, -0.1) is 0 Å². The van der Waals surface area contributed by atoms with Crippen LogP contribution in [0.1, 0.15) is 27.0 Å². The normalized spacial score (nSPS) is 10.3. The first-order chi connectivity index (χ1) is 12.1. The number of carbonyl (C=O) groups excluding carboxylic acids is 1. The molecule has 1 amide bonds. The minimum Gasteiger partial charge on any atom is -0.348 e. The lowest BCUT2D eigenvalue weighted by Gasteiger charge is -2.11. The minimum absolute atomic E-state index is 0.130. The van der Waals surface area contributed by atoms with Gasteiger partial charge in [0.1, 0.15) is 5.82 Å².